The van der Waals surface area contributed by atoms with Crippen LogP contribution in [0.3, 0.4) is 0 Å². The van der Waals surface area contributed by atoms with E-state index in [1.807, 2.05) is 18.2 Å². The van der Waals surface area contributed by atoms with Crippen LogP contribution in [-0.2, 0) is 4.74 Å². The van der Waals surface area contributed by atoms with Gasteiger partial charge in [-0.25, -0.2) is 4.79 Å². The Labute approximate surface area is 107 Å². The highest BCUT2D eigenvalue weighted by molar-refractivity contribution is 5.90. The third-order valence-corrected chi connectivity index (χ3v) is 3.44. The Kier molecular flexibility index (Phi) is 4.20. The number of rotatable bonds is 3. The third-order valence-electron chi connectivity index (χ3n) is 3.44. The molecule has 0 bridgehead atoms. The van der Waals surface area contributed by atoms with Crippen LogP contribution < -0.4 is 4.90 Å². The van der Waals surface area contributed by atoms with Gasteiger partial charge in [-0.3, -0.25) is 0 Å². The van der Waals surface area contributed by atoms with Gasteiger partial charge in [-0.15, -0.1) is 0 Å². The molecule has 0 spiro atoms. The van der Waals surface area contributed by atoms with E-state index in [4.69, 9.17) is 4.74 Å². The van der Waals surface area contributed by atoms with Gasteiger partial charge in [0.25, 0.3) is 0 Å². The molecule has 2 rings (SSSR count). The molecule has 0 aliphatic carbocycles. The first-order valence-corrected chi connectivity index (χ1v) is 6.32. The van der Waals surface area contributed by atoms with Crippen molar-refractivity contribution in [2.24, 2.45) is 0 Å². The lowest BCUT2D eigenvalue weighted by atomic mass is 10.0. The van der Waals surface area contributed by atoms with E-state index < -0.39 is 0 Å². The summed E-state index contributed by atoms with van der Waals surface area (Å²) in [5, 5.41) is 9.41. The lowest BCUT2D eigenvalue weighted by molar-refractivity contribution is 0.0601. The summed E-state index contributed by atoms with van der Waals surface area (Å²) < 4.78 is 4.72. The maximum atomic E-state index is 11.5. The second-order valence-electron chi connectivity index (χ2n) is 4.57. The molecule has 0 aromatic heterocycles. The Balaban J connectivity index is 2.23. The molecule has 1 unspecified atom stereocenters. The number of aliphatic hydroxyl groups excluding tert-OH is 1. The molecule has 1 heterocycles. The number of esters is 1. The molecule has 0 amide bonds. The summed E-state index contributed by atoms with van der Waals surface area (Å²) in [6, 6.07) is 7.56. The van der Waals surface area contributed by atoms with E-state index >= 15 is 0 Å². The Bertz CT molecular complexity index is 419. The van der Waals surface area contributed by atoms with Gasteiger partial charge in [-0.05, 0) is 37.5 Å². The van der Waals surface area contributed by atoms with Crippen LogP contribution in [0.25, 0.3) is 0 Å². The molecule has 98 valence electrons. The molecule has 4 nitrogen and oxygen atoms in total. The largest absolute Gasteiger partial charge is 0.465 e. The predicted molar refractivity (Wildman–Crippen MR) is 69.9 cm³/mol. The van der Waals surface area contributed by atoms with Gasteiger partial charge >= 0.3 is 5.97 Å². The maximum Gasteiger partial charge on any atom is 0.337 e. The number of piperidine rings is 1. The number of hydrogen-bond acceptors (Lipinski definition) is 4. The molecular formula is C14H19NO3. The van der Waals surface area contributed by atoms with Gasteiger partial charge in [0, 0.05) is 12.2 Å². The molecule has 1 fully saturated rings. The average molecular weight is 249 g/mol. The number of benzene rings is 1. The Hall–Kier alpha value is -1.55. The molecular weight excluding hydrogens is 230 g/mol. The first-order valence-electron chi connectivity index (χ1n) is 6.32. The molecule has 1 atom stereocenters. The van der Waals surface area contributed by atoms with Crippen molar-refractivity contribution in [2.75, 3.05) is 25.2 Å². The van der Waals surface area contributed by atoms with Crippen molar-refractivity contribution in [1.29, 1.82) is 0 Å². The van der Waals surface area contributed by atoms with Crippen molar-refractivity contribution in [3.8, 4) is 0 Å². The highest BCUT2D eigenvalue weighted by atomic mass is 16.5. The summed E-state index contributed by atoms with van der Waals surface area (Å²) in [6.45, 7) is 1.08. The molecule has 1 aliphatic heterocycles. The molecule has 0 radical (unpaired) electrons. The number of carbonyl (C=O) groups excluding carboxylic acids is 1. The first-order chi connectivity index (χ1) is 8.76. The summed E-state index contributed by atoms with van der Waals surface area (Å²) in [6.07, 6.45) is 3.27. The van der Waals surface area contributed by atoms with Crippen LogP contribution in [0.15, 0.2) is 24.3 Å². The molecule has 1 saturated heterocycles. The highest BCUT2D eigenvalue weighted by Gasteiger charge is 2.22. The predicted octanol–water partition coefficient (Wildman–Crippen LogP) is 1.82. The van der Waals surface area contributed by atoms with Crippen molar-refractivity contribution in [3.63, 3.8) is 0 Å². The lowest BCUT2D eigenvalue weighted by Gasteiger charge is -2.36. The number of carbonyl (C=O) groups is 1. The van der Waals surface area contributed by atoms with Gasteiger partial charge in [0.1, 0.15) is 0 Å². The van der Waals surface area contributed by atoms with Crippen LogP contribution in [0.5, 0.6) is 0 Å². The fourth-order valence-corrected chi connectivity index (χ4v) is 2.46. The normalized spacial score (nSPS) is 19.7. The first kappa shape index (κ1) is 12.9. The monoisotopic (exact) mass is 249 g/mol. The minimum Gasteiger partial charge on any atom is -0.465 e. The third kappa shape index (κ3) is 2.64. The topological polar surface area (TPSA) is 49.8 Å². The van der Waals surface area contributed by atoms with Crippen LogP contribution in [0, 0.1) is 0 Å². The number of nitrogens with zero attached hydrogens (tertiary/aromatic N) is 1. The van der Waals surface area contributed by atoms with E-state index in [9.17, 15) is 9.90 Å². The van der Waals surface area contributed by atoms with Crippen LogP contribution in [-0.4, -0.2) is 37.4 Å². The SMILES string of the molecule is COC(=O)c1cccc(N2CCCCC2CO)c1. The van der Waals surface area contributed by atoms with E-state index in [0.29, 0.717) is 5.56 Å². The van der Waals surface area contributed by atoms with Gasteiger partial charge < -0.3 is 14.7 Å². The average Bonchev–Trinajstić information content (AvgIpc) is 2.46. The summed E-state index contributed by atoms with van der Waals surface area (Å²) in [5.74, 6) is -0.325. The van der Waals surface area contributed by atoms with Gasteiger partial charge in [-0.2, -0.15) is 0 Å². The van der Waals surface area contributed by atoms with Gasteiger partial charge in [0.2, 0.25) is 0 Å². The van der Waals surface area contributed by atoms with E-state index in [2.05, 4.69) is 4.90 Å². The van der Waals surface area contributed by atoms with Crippen molar-refractivity contribution in [2.45, 2.75) is 25.3 Å². The molecule has 1 aliphatic rings. The van der Waals surface area contributed by atoms with Crippen molar-refractivity contribution in [3.05, 3.63) is 29.8 Å². The summed E-state index contributed by atoms with van der Waals surface area (Å²) in [7, 11) is 1.38. The summed E-state index contributed by atoms with van der Waals surface area (Å²) >= 11 is 0. The summed E-state index contributed by atoms with van der Waals surface area (Å²) in [5.41, 5.74) is 1.54. The highest BCUT2D eigenvalue weighted by Crippen LogP contribution is 2.25. The smallest absolute Gasteiger partial charge is 0.337 e. The van der Waals surface area contributed by atoms with Crippen molar-refractivity contribution >= 4 is 11.7 Å². The Morgan fingerprint density at radius 2 is 2.33 bits per heavy atom. The van der Waals surface area contributed by atoms with Gasteiger partial charge in [0.05, 0.1) is 25.3 Å². The van der Waals surface area contributed by atoms with Crippen LogP contribution in [0.1, 0.15) is 29.6 Å². The number of aliphatic hydroxyl groups is 1. The Morgan fingerprint density at radius 1 is 1.50 bits per heavy atom. The van der Waals surface area contributed by atoms with Crippen LogP contribution in [0.2, 0.25) is 0 Å². The van der Waals surface area contributed by atoms with Crippen LogP contribution in [0.4, 0.5) is 5.69 Å². The van der Waals surface area contributed by atoms with Crippen molar-refractivity contribution in [1.82, 2.24) is 0 Å². The van der Waals surface area contributed by atoms with Crippen LogP contribution >= 0.6 is 0 Å². The zero-order valence-corrected chi connectivity index (χ0v) is 10.6. The molecule has 1 N–H and O–H groups in total. The Morgan fingerprint density at radius 3 is 3.06 bits per heavy atom. The fourth-order valence-electron chi connectivity index (χ4n) is 2.46. The maximum absolute atomic E-state index is 11.5. The van der Waals surface area contributed by atoms with E-state index in [-0.39, 0.29) is 18.6 Å². The molecule has 4 heteroatoms. The second-order valence-corrected chi connectivity index (χ2v) is 4.57. The fraction of sp³-hybridized carbons (Fsp3) is 0.500. The standard InChI is InChI=1S/C14H19NO3/c1-18-14(17)11-5-4-7-12(9-11)15-8-3-2-6-13(15)10-16/h4-5,7,9,13,16H,2-3,6,8,10H2,1H3. The zero-order chi connectivity index (χ0) is 13.0. The van der Waals surface area contributed by atoms with Gasteiger partial charge in [-0.1, -0.05) is 6.07 Å². The minimum atomic E-state index is -0.325. The number of hydrogen-bond donors (Lipinski definition) is 1. The van der Waals surface area contributed by atoms with E-state index in [0.717, 1.165) is 31.5 Å². The number of ether oxygens (including phenoxy) is 1. The van der Waals surface area contributed by atoms with Gasteiger partial charge in [0.15, 0.2) is 0 Å². The minimum absolute atomic E-state index is 0.155. The number of methoxy groups -OCH3 is 1. The number of anilines is 1. The zero-order valence-electron chi connectivity index (χ0n) is 10.6. The molecule has 0 saturated carbocycles. The second kappa shape index (κ2) is 5.87. The quantitative estimate of drug-likeness (QED) is 0.830. The molecule has 1 aromatic carbocycles. The van der Waals surface area contributed by atoms with E-state index in [1.165, 1.54) is 7.11 Å². The van der Waals surface area contributed by atoms with Crippen molar-refractivity contribution < 1.29 is 14.6 Å². The summed E-state index contributed by atoms with van der Waals surface area (Å²) in [4.78, 5) is 13.7. The van der Waals surface area contributed by atoms with E-state index in [1.54, 1.807) is 6.07 Å². The molecule has 1 aromatic rings. The lowest BCUT2D eigenvalue weighted by Crippen LogP contribution is -2.41. The molecule has 18 heavy (non-hydrogen) atoms.